The maximum absolute atomic E-state index is 12.8. The van der Waals surface area contributed by atoms with E-state index in [1.54, 1.807) is 28.5 Å². The summed E-state index contributed by atoms with van der Waals surface area (Å²) < 4.78 is 53.2. The van der Waals surface area contributed by atoms with Crippen molar-refractivity contribution in [1.29, 1.82) is 0 Å². The number of nitrogens with zero attached hydrogens (tertiary/aromatic N) is 2. The summed E-state index contributed by atoms with van der Waals surface area (Å²) in [6.45, 7) is 0.805. The number of aromatic amines is 1. The molecular formula is C18H18F2N4O3S2. The first-order chi connectivity index (χ1) is 13.8. The van der Waals surface area contributed by atoms with Crippen LogP contribution in [0.2, 0.25) is 0 Å². The number of aromatic nitrogens is 2. The number of rotatable bonds is 5. The number of benzene rings is 1. The summed E-state index contributed by atoms with van der Waals surface area (Å²) in [5, 5.41) is 1.70. The van der Waals surface area contributed by atoms with E-state index in [0.29, 0.717) is 42.5 Å². The van der Waals surface area contributed by atoms with Gasteiger partial charge in [-0.3, -0.25) is 4.79 Å². The van der Waals surface area contributed by atoms with Crippen LogP contribution in [-0.2, 0) is 10.0 Å². The lowest BCUT2D eigenvalue weighted by Crippen LogP contribution is -2.46. The lowest BCUT2D eigenvalue weighted by molar-refractivity contribution is 0.0711. The highest BCUT2D eigenvalue weighted by molar-refractivity contribution is 7.91. The number of sulfonamides is 1. The fourth-order valence-electron chi connectivity index (χ4n) is 3.34. The van der Waals surface area contributed by atoms with E-state index in [2.05, 4.69) is 14.7 Å². The molecule has 154 valence electrons. The summed E-state index contributed by atoms with van der Waals surface area (Å²) in [5.41, 5.74) is 1.13. The monoisotopic (exact) mass is 440 g/mol. The average molecular weight is 440 g/mol. The Balaban J connectivity index is 1.40. The van der Waals surface area contributed by atoms with Crippen molar-refractivity contribution in [3.05, 3.63) is 47.1 Å². The van der Waals surface area contributed by atoms with Crippen molar-refractivity contribution in [3.8, 4) is 0 Å². The predicted molar refractivity (Wildman–Crippen MR) is 105 cm³/mol. The van der Waals surface area contributed by atoms with E-state index in [0.717, 1.165) is 11.3 Å². The van der Waals surface area contributed by atoms with E-state index in [-0.39, 0.29) is 16.2 Å². The van der Waals surface area contributed by atoms with E-state index < -0.39 is 22.3 Å². The molecule has 0 saturated carbocycles. The van der Waals surface area contributed by atoms with Gasteiger partial charge >= 0.3 is 0 Å². The molecule has 0 spiro atoms. The molecule has 29 heavy (non-hydrogen) atoms. The van der Waals surface area contributed by atoms with Crippen LogP contribution in [0.4, 0.5) is 8.78 Å². The van der Waals surface area contributed by atoms with Gasteiger partial charge < -0.3 is 9.88 Å². The number of hydrogen-bond acceptors (Lipinski definition) is 5. The van der Waals surface area contributed by atoms with Crippen molar-refractivity contribution in [3.63, 3.8) is 0 Å². The second kappa shape index (κ2) is 7.81. The number of piperidine rings is 1. The fraction of sp³-hybridized carbons (Fsp3) is 0.333. The third-order valence-electron chi connectivity index (χ3n) is 4.82. The number of H-pyrrole nitrogens is 1. The van der Waals surface area contributed by atoms with Gasteiger partial charge in [-0.05, 0) is 42.5 Å². The third kappa shape index (κ3) is 4.16. The minimum atomic E-state index is -3.54. The van der Waals surface area contributed by atoms with E-state index in [9.17, 15) is 22.0 Å². The Labute approximate surface area is 169 Å². The van der Waals surface area contributed by atoms with Crippen LogP contribution in [0.15, 0.2) is 39.9 Å². The van der Waals surface area contributed by atoms with E-state index in [4.69, 9.17) is 0 Å². The fourth-order valence-corrected chi connectivity index (χ4v) is 5.66. The first-order valence-corrected chi connectivity index (χ1v) is 11.3. The van der Waals surface area contributed by atoms with Gasteiger partial charge in [0.1, 0.15) is 4.21 Å². The van der Waals surface area contributed by atoms with Crippen LogP contribution in [0.5, 0.6) is 0 Å². The number of amides is 1. The molecular weight excluding hydrogens is 422 g/mol. The predicted octanol–water partition coefficient (Wildman–Crippen LogP) is 3.15. The van der Waals surface area contributed by atoms with E-state index in [1.807, 2.05) is 0 Å². The van der Waals surface area contributed by atoms with Gasteiger partial charge in [-0.2, -0.15) is 0 Å². The number of alkyl halides is 2. The first-order valence-electron chi connectivity index (χ1n) is 8.96. The summed E-state index contributed by atoms with van der Waals surface area (Å²) in [5.74, 6) is -0.650. The second-order valence-electron chi connectivity index (χ2n) is 6.77. The Morgan fingerprint density at radius 3 is 2.69 bits per heavy atom. The van der Waals surface area contributed by atoms with Gasteiger partial charge in [0.25, 0.3) is 12.3 Å². The number of imidazole rings is 1. The molecule has 1 aliphatic heterocycles. The quantitative estimate of drug-likeness (QED) is 0.637. The molecule has 0 unspecified atom stereocenters. The summed E-state index contributed by atoms with van der Waals surface area (Å²) in [6, 6.07) is 7.61. The standard InChI is InChI=1S/C18H18F2N4O3S2/c19-16(20)17-21-13-4-3-11(10-14(13)22-17)18(25)24-7-5-12(6-8-24)23-29(26,27)15-2-1-9-28-15/h1-4,9-10,12,16,23H,5-8H2,(H,21,22). The van der Waals surface area contributed by atoms with Crippen molar-refractivity contribution >= 4 is 38.3 Å². The molecule has 0 radical (unpaired) electrons. The van der Waals surface area contributed by atoms with Crippen LogP contribution < -0.4 is 4.72 Å². The van der Waals surface area contributed by atoms with Gasteiger partial charge in [-0.25, -0.2) is 26.9 Å². The molecule has 1 aromatic carbocycles. The van der Waals surface area contributed by atoms with Gasteiger partial charge in [0.2, 0.25) is 10.0 Å². The zero-order valence-corrected chi connectivity index (χ0v) is 16.8. The van der Waals surface area contributed by atoms with E-state index in [1.165, 1.54) is 12.1 Å². The Kier molecular flexibility index (Phi) is 5.36. The van der Waals surface area contributed by atoms with E-state index >= 15 is 0 Å². The lowest BCUT2D eigenvalue weighted by Gasteiger charge is -2.32. The molecule has 7 nitrogen and oxygen atoms in total. The molecule has 2 N–H and O–H groups in total. The Hall–Kier alpha value is -2.37. The lowest BCUT2D eigenvalue weighted by atomic mass is 10.0. The minimum Gasteiger partial charge on any atom is -0.339 e. The molecule has 1 saturated heterocycles. The van der Waals surface area contributed by atoms with Crippen LogP contribution in [0.25, 0.3) is 11.0 Å². The van der Waals surface area contributed by atoms with Gasteiger partial charge in [-0.1, -0.05) is 6.07 Å². The van der Waals surface area contributed by atoms with Gasteiger partial charge in [0.05, 0.1) is 11.0 Å². The highest BCUT2D eigenvalue weighted by Crippen LogP contribution is 2.23. The van der Waals surface area contributed by atoms with Crippen LogP contribution in [0.3, 0.4) is 0 Å². The largest absolute Gasteiger partial charge is 0.339 e. The van der Waals surface area contributed by atoms with Crippen molar-refractivity contribution in [2.45, 2.75) is 29.5 Å². The average Bonchev–Trinajstić information content (AvgIpc) is 3.37. The number of fused-ring (bicyclic) bond motifs is 1. The molecule has 4 rings (SSSR count). The normalized spacial score (nSPS) is 16.0. The van der Waals surface area contributed by atoms with Gasteiger partial charge in [0.15, 0.2) is 5.82 Å². The highest BCUT2D eigenvalue weighted by Gasteiger charge is 2.28. The van der Waals surface area contributed by atoms with Crippen LogP contribution >= 0.6 is 11.3 Å². The molecule has 0 aliphatic carbocycles. The number of carbonyl (C=O) groups is 1. The Morgan fingerprint density at radius 1 is 1.28 bits per heavy atom. The van der Waals surface area contributed by atoms with Gasteiger partial charge in [-0.15, -0.1) is 11.3 Å². The SMILES string of the molecule is O=C(c1ccc2nc(C(F)F)[nH]c2c1)N1CCC(NS(=O)(=O)c2cccs2)CC1. The molecule has 2 aromatic heterocycles. The molecule has 3 heterocycles. The summed E-state index contributed by atoms with van der Waals surface area (Å²) in [7, 11) is -3.54. The number of thiophene rings is 1. The Morgan fingerprint density at radius 2 is 2.03 bits per heavy atom. The summed E-state index contributed by atoms with van der Waals surface area (Å²) >= 11 is 1.16. The number of hydrogen-bond donors (Lipinski definition) is 2. The zero-order chi connectivity index (χ0) is 20.6. The number of nitrogens with one attached hydrogen (secondary N) is 2. The topological polar surface area (TPSA) is 95.2 Å². The first kappa shape index (κ1) is 19.9. The summed E-state index contributed by atoms with van der Waals surface area (Å²) in [6.07, 6.45) is -1.71. The molecule has 1 fully saturated rings. The maximum Gasteiger partial charge on any atom is 0.295 e. The molecule has 11 heteroatoms. The van der Waals surface area contributed by atoms with Crippen LogP contribution in [0, 0.1) is 0 Å². The number of halogens is 2. The van der Waals surface area contributed by atoms with Crippen molar-refractivity contribution in [2.75, 3.05) is 13.1 Å². The Bertz CT molecular complexity index is 1120. The molecule has 1 amide bonds. The van der Waals surface area contributed by atoms with Crippen molar-refractivity contribution in [1.82, 2.24) is 19.6 Å². The maximum atomic E-state index is 12.8. The van der Waals surface area contributed by atoms with Crippen molar-refractivity contribution in [2.24, 2.45) is 0 Å². The van der Waals surface area contributed by atoms with Gasteiger partial charge in [0, 0.05) is 24.7 Å². The molecule has 3 aromatic rings. The smallest absolute Gasteiger partial charge is 0.295 e. The third-order valence-corrected chi connectivity index (χ3v) is 7.74. The summed E-state index contributed by atoms with van der Waals surface area (Å²) in [4.78, 5) is 20.7. The molecule has 0 atom stereocenters. The second-order valence-corrected chi connectivity index (χ2v) is 9.66. The molecule has 1 aliphatic rings. The van der Waals surface area contributed by atoms with Crippen LogP contribution in [-0.4, -0.2) is 48.3 Å². The number of likely N-dealkylation sites (tertiary alicyclic amines) is 1. The van der Waals surface area contributed by atoms with Crippen molar-refractivity contribution < 1.29 is 22.0 Å². The minimum absolute atomic E-state index is 0.223. The van der Waals surface area contributed by atoms with Crippen LogP contribution in [0.1, 0.15) is 35.4 Å². The highest BCUT2D eigenvalue weighted by atomic mass is 32.2. The molecule has 0 bridgehead atoms. The number of carbonyl (C=O) groups excluding carboxylic acids is 1. The zero-order valence-electron chi connectivity index (χ0n) is 15.1.